The van der Waals surface area contributed by atoms with Gasteiger partial charge in [0.15, 0.2) is 0 Å². The highest BCUT2D eigenvalue weighted by Gasteiger charge is 2.27. The summed E-state index contributed by atoms with van der Waals surface area (Å²) in [6.45, 7) is 5.66. The topological polar surface area (TPSA) is 49.4 Å². The lowest BCUT2D eigenvalue weighted by molar-refractivity contribution is -0.138. The molecular weight excluding hydrogens is 507 g/mol. The second kappa shape index (κ2) is 12.0. The molecule has 8 heteroatoms. The van der Waals surface area contributed by atoms with Crippen LogP contribution in [0, 0.1) is 0 Å². The summed E-state index contributed by atoms with van der Waals surface area (Å²) in [5.74, 6) is 0.600. The van der Waals surface area contributed by atoms with E-state index in [4.69, 9.17) is 23.2 Å². The number of nitrogens with one attached hydrogen (secondary N) is 1. The molecule has 4 nitrogen and oxygen atoms in total. The summed E-state index contributed by atoms with van der Waals surface area (Å²) in [4.78, 5) is 27.2. The first-order valence-corrected chi connectivity index (χ1v) is 12.2. The number of hydrogen-bond acceptors (Lipinski definition) is 3. The number of carbonyl (C=O) groups is 2. The molecular formula is C22H25BrCl2N2O2S. The minimum atomic E-state index is -0.652. The van der Waals surface area contributed by atoms with Crippen molar-refractivity contribution in [2.24, 2.45) is 0 Å². The molecule has 0 fully saturated rings. The van der Waals surface area contributed by atoms with Gasteiger partial charge in [-0.1, -0.05) is 57.3 Å². The van der Waals surface area contributed by atoms with Crippen molar-refractivity contribution in [3.63, 3.8) is 0 Å². The van der Waals surface area contributed by atoms with E-state index in [0.717, 1.165) is 10.0 Å². The van der Waals surface area contributed by atoms with Gasteiger partial charge in [0, 0.05) is 38.4 Å². The summed E-state index contributed by atoms with van der Waals surface area (Å²) in [7, 11) is 0. The van der Waals surface area contributed by atoms with Gasteiger partial charge in [0.2, 0.25) is 11.8 Å². The molecule has 30 heavy (non-hydrogen) atoms. The van der Waals surface area contributed by atoms with Crippen molar-refractivity contribution in [1.29, 1.82) is 0 Å². The van der Waals surface area contributed by atoms with Crippen molar-refractivity contribution < 1.29 is 9.59 Å². The third-order valence-electron chi connectivity index (χ3n) is 4.40. The van der Waals surface area contributed by atoms with E-state index in [1.807, 2.05) is 38.1 Å². The first-order valence-electron chi connectivity index (χ1n) is 9.54. The van der Waals surface area contributed by atoms with Crippen LogP contribution in [0.1, 0.15) is 31.9 Å². The third-order valence-corrected chi connectivity index (χ3v) is 6.62. The Bertz CT molecular complexity index is 858. The van der Waals surface area contributed by atoms with Crippen molar-refractivity contribution in [3.05, 3.63) is 68.1 Å². The van der Waals surface area contributed by atoms with Gasteiger partial charge in [-0.3, -0.25) is 9.59 Å². The van der Waals surface area contributed by atoms with Gasteiger partial charge in [-0.05, 0) is 50.6 Å². The third kappa shape index (κ3) is 7.49. The Morgan fingerprint density at radius 3 is 2.23 bits per heavy atom. The lowest BCUT2D eigenvalue weighted by atomic mass is 10.1. The maximum atomic E-state index is 13.1. The highest BCUT2D eigenvalue weighted by molar-refractivity contribution is 9.10. The van der Waals surface area contributed by atoms with Crippen LogP contribution in [0.2, 0.25) is 10.0 Å². The minimum Gasteiger partial charge on any atom is -0.352 e. The normalized spacial score (nSPS) is 12.0. The first kappa shape index (κ1) is 25.1. The zero-order valence-corrected chi connectivity index (χ0v) is 21.0. The Morgan fingerprint density at radius 1 is 1.07 bits per heavy atom. The van der Waals surface area contributed by atoms with Crippen LogP contribution in [0.4, 0.5) is 0 Å². The Labute approximate surface area is 200 Å². The van der Waals surface area contributed by atoms with Crippen LogP contribution in [-0.2, 0) is 21.9 Å². The molecule has 0 saturated heterocycles. The smallest absolute Gasteiger partial charge is 0.242 e. The molecule has 0 radical (unpaired) electrons. The molecule has 0 aliphatic heterocycles. The average molecular weight is 532 g/mol. The van der Waals surface area contributed by atoms with Crippen LogP contribution in [0.3, 0.4) is 0 Å². The predicted molar refractivity (Wildman–Crippen MR) is 130 cm³/mol. The second-order valence-corrected chi connectivity index (χ2v) is 9.90. The summed E-state index contributed by atoms with van der Waals surface area (Å²) < 4.78 is 1.01. The number of thioether (sulfide) groups is 1. The number of hydrogen-bond donors (Lipinski definition) is 1. The second-order valence-electron chi connectivity index (χ2n) is 7.18. The molecule has 162 valence electrons. The van der Waals surface area contributed by atoms with Crippen molar-refractivity contribution >= 4 is 62.7 Å². The van der Waals surface area contributed by atoms with E-state index < -0.39 is 6.04 Å². The minimum absolute atomic E-state index is 0.0208. The zero-order chi connectivity index (χ0) is 22.3. The standard InChI is InChI=1S/C22H25BrCl2N2O2S/c1-14(2)26-22(29)15(3)27(11-18-19(24)5-4-6-20(18)25)21(28)13-30-12-16-7-9-17(23)10-8-16/h4-10,14-15H,11-13H2,1-3H3,(H,26,29)/t15-/m1/s1. The fraction of sp³-hybridized carbons (Fsp3) is 0.364. The summed E-state index contributed by atoms with van der Waals surface area (Å²) in [5.41, 5.74) is 1.76. The van der Waals surface area contributed by atoms with Crippen LogP contribution in [-0.4, -0.2) is 34.6 Å². The summed E-state index contributed by atoms with van der Waals surface area (Å²) in [6.07, 6.45) is 0. The summed E-state index contributed by atoms with van der Waals surface area (Å²) in [6, 6.07) is 12.5. The number of carbonyl (C=O) groups excluding carboxylic acids is 2. The SMILES string of the molecule is CC(C)NC(=O)[C@@H](C)N(Cc1c(Cl)cccc1Cl)C(=O)CSCc1ccc(Br)cc1. The molecule has 2 aromatic carbocycles. The maximum Gasteiger partial charge on any atom is 0.242 e. The zero-order valence-electron chi connectivity index (χ0n) is 17.1. The van der Waals surface area contributed by atoms with E-state index in [-0.39, 0.29) is 30.2 Å². The van der Waals surface area contributed by atoms with E-state index >= 15 is 0 Å². The first-order chi connectivity index (χ1) is 14.2. The number of benzene rings is 2. The van der Waals surface area contributed by atoms with E-state index in [9.17, 15) is 9.59 Å². The van der Waals surface area contributed by atoms with Crippen molar-refractivity contribution in [1.82, 2.24) is 10.2 Å². The Morgan fingerprint density at radius 2 is 1.67 bits per heavy atom. The molecule has 1 N–H and O–H groups in total. The van der Waals surface area contributed by atoms with Gasteiger partial charge in [-0.2, -0.15) is 0 Å². The van der Waals surface area contributed by atoms with Gasteiger partial charge < -0.3 is 10.2 Å². The number of rotatable bonds is 9. The number of nitrogens with zero attached hydrogens (tertiary/aromatic N) is 1. The molecule has 2 amide bonds. The van der Waals surface area contributed by atoms with Crippen LogP contribution < -0.4 is 5.32 Å². The van der Waals surface area contributed by atoms with Gasteiger partial charge in [0.1, 0.15) is 6.04 Å². The van der Waals surface area contributed by atoms with Gasteiger partial charge in [0.25, 0.3) is 0 Å². The Hall–Kier alpha value is -1.21. The van der Waals surface area contributed by atoms with Crippen molar-refractivity contribution in [2.75, 3.05) is 5.75 Å². The monoisotopic (exact) mass is 530 g/mol. The molecule has 1 atom stereocenters. The van der Waals surface area contributed by atoms with Gasteiger partial charge in [0.05, 0.1) is 5.75 Å². The van der Waals surface area contributed by atoms with Gasteiger partial charge in [-0.25, -0.2) is 0 Å². The Kier molecular flexibility index (Phi) is 10.0. The molecule has 0 unspecified atom stereocenters. The summed E-state index contributed by atoms with van der Waals surface area (Å²) in [5, 5.41) is 3.81. The van der Waals surface area contributed by atoms with Gasteiger partial charge in [-0.15, -0.1) is 11.8 Å². The molecule has 2 rings (SSSR count). The number of amides is 2. The lowest BCUT2D eigenvalue weighted by Crippen LogP contribution is -2.49. The van der Waals surface area contributed by atoms with E-state index in [0.29, 0.717) is 21.4 Å². The molecule has 0 heterocycles. The Balaban J connectivity index is 2.13. The molecule has 0 spiro atoms. The molecule has 0 bridgehead atoms. The van der Waals surface area contributed by atoms with Crippen LogP contribution in [0.5, 0.6) is 0 Å². The highest BCUT2D eigenvalue weighted by Crippen LogP contribution is 2.27. The average Bonchev–Trinajstić information content (AvgIpc) is 2.68. The van der Waals surface area contributed by atoms with Crippen LogP contribution in [0.25, 0.3) is 0 Å². The molecule has 0 aliphatic carbocycles. The fourth-order valence-electron chi connectivity index (χ4n) is 2.76. The van der Waals surface area contributed by atoms with E-state index in [1.165, 1.54) is 11.8 Å². The quantitative estimate of drug-likeness (QED) is 0.436. The molecule has 0 aliphatic rings. The van der Waals surface area contributed by atoms with E-state index in [2.05, 4.69) is 21.2 Å². The summed E-state index contributed by atoms with van der Waals surface area (Å²) >= 11 is 17.5. The number of halogens is 3. The highest BCUT2D eigenvalue weighted by atomic mass is 79.9. The van der Waals surface area contributed by atoms with E-state index in [1.54, 1.807) is 30.0 Å². The predicted octanol–water partition coefficient (Wildman–Crippen LogP) is 5.93. The molecule has 0 saturated carbocycles. The fourth-order valence-corrected chi connectivity index (χ4v) is 4.41. The maximum absolute atomic E-state index is 13.1. The van der Waals surface area contributed by atoms with Crippen LogP contribution >= 0.6 is 50.9 Å². The van der Waals surface area contributed by atoms with Crippen LogP contribution in [0.15, 0.2) is 46.9 Å². The molecule has 0 aromatic heterocycles. The van der Waals surface area contributed by atoms with Crippen molar-refractivity contribution in [3.8, 4) is 0 Å². The van der Waals surface area contributed by atoms with Crippen molar-refractivity contribution in [2.45, 2.75) is 45.2 Å². The van der Waals surface area contributed by atoms with Gasteiger partial charge >= 0.3 is 0 Å². The molecule has 2 aromatic rings. The lowest BCUT2D eigenvalue weighted by Gasteiger charge is -2.30. The largest absolute Gasteiger partial charge is 0.352 e.